The lowest BCUT2D eigenvalue weighted by Gasteiger charge is -2.12. The van der Waals surface area contributed by atoms with Crippen LogP contribution in [0.3, 0.4) is 0 Å². The molecule has 1 unspecified atom stereocenters. The number of nitrogens with two attached hydrogens (primary N) is 1. The average Bonchev–Trinajstić information content (AvgIpc) is 2.94. The quantitative estimate of drug-likeness (QED) is 0.637. The van der Waals surface area contributed by atoms with Gasteiger partial charge in [0.05, 0.1) is 12.2 Å². The summed E-state index contributed by atoms with van der Waals surface area (Å²) < 4.78 is 1.99. The fourth-order valence-corrected chi connectivity index (χ4v) is 3.18. The summed E-state index contributed by atoms with van der Waals surface area (Å²) in [7, 11) is 0. The molecule has 2 aromatic carbocycles. The molecular weight excluding hydrogens is 372 g/mol. The number of rotatable bonds is 7. The SMILES string of the molecule is Cc1nn(Cc2ccccc2)c(C)c1CNC(=O)CC(N)c1ccccc1.Cl. The summed E-state index contributed by atoms with van der Waals surface area (Å²) in [6, 6.07) is 19.6. The third-order valence-corrected chi connectivity index (χ3v) is 4.80. The van der Waals surface area contributed by atoms with E-state index in [9.17, 15) is 4.79 Å². The molecule has 3 aromatic rings. The number of aromatic nitrogens is 2. The Bertz CT molecular complexity index is 894. The molecule has 1 aromatic heterocycles. The molecule has 3 rings (SSSR count). The van der Waals surface area contributed by atoms with Gasteiger partial charge in [0.25, 0.3) is 0 Å². The van der Waals surface area contributed by atoms with Crippen LogP contribution in [0, 0.1) is 13.8 Å². The molecule has 1 amide bonds. The highest BCUT2D eigenvalue weighted by molar-refractivity contribution is 5.85. The van der Waals surface area contributed by atoms with Crippen LogP contribution in [0.2, 0.25) is 0 Å². The van der Waals surface area contributed by atoms with E-state index in [1.165, 1.54) is 5.56 Å². The molecule has 1 heterocycles. The van der Waals surface area contributed by atoms with Gasteiger partial charge in [-0.05, 0) is 25.0 Å². The van der Waals surface area contributed by atoms with Crippen LogP contribution >= 0.6 is 12.4 Å². The van der Waals surface area contributed by atoms with Crippen molar-refractivity contribution in [2.75, 3.05) is 0 Å². The first-order valence-corrected chi connectivity index (χ1v) is 9.18. The predicted molar refractivity (Wildman–Crippen MR) is 114 cm³/mol. The maximum Gasteiger partial charge on any atom is 0.222 e. The first-order chi connectivity index (χ1) is 13.0. The number of nitrogens with zero attached hydrogens (tertiary/aromatic N) is 2. The Balaban J connectivity index is 0.00000280. The number of carbonyl (C=O) groups is 1. The van der Waals surface area contributed by atoms with Gasteiger partial charge in [0.15, 0.2) is 0 Å². The van der Waals surface area contributed by atoms with E-state index in [1.54, 1.807) is 0 Å². The maximum atomic E-state index is 12.3. The van der Waals surface area contributed by atoms with Crippen LogP contribution in [0.4, 0.5) is 0 Å². The lowest BCUT2D eigenvalue weighted by atomic mass is 10.0. The Morgan fingerprint density at radius 3 is 2.32 bits per heavy atom. The number of hydrogen-bond acceptors (Lipinski definition) is 3. The van der Waals surface area contributed by atoms with Gasteiger partial charge in [-0.1, -0.05) is 60.7 Å². The summed E-state index contributed by atoms with van der Waals surface area (Å²) in [5.41, 5.74) is 11.4. The first-order valence-electron chi connectivity index (χ1n) is 9.18. The van der Waals surface area contributed by atoms with Crippen molar-refractivity contribution in [1.29, 1.82) is 0 Å². The molecule has 0 spiro atoms. The third kappa shape index (κ3) is 5.44. The molecule has 1 atom stereocenters. The topological polar surface area (TPSA) is 72.9 Å². The standard InChI is InChI=1S/C22H26N4O.ClH/c1-16-20(17(2)26(25-16)15-18-9-5-3-6-10-18)14-24-22(27)13-21(23)19-11-7-4-8-12-19;/h3-12,21H,13-15,23H2,1-2H3,(H,24,27);1H. The number of halogens is 1. The Morgan fingerprint density at radius 2 is 1.68 bits per heavy atom. The zero-order chi connectivity index (χ0) is 19.2. The van der Waals surface area contributed by atoms with E-state index in [2.05, 4.69) is 22.5 Å². The van der Waals surface area contributed by atoms with E-state index < -0.39 is 0 Å². The average molecular weight is 399 g/mol. The zero-order valence-electron chi connectivity index (χ0n) is 16.3. The van der Waals surface area contributed by atoms with Crippen molar-refractivity contribution in [1.82, 2.24) is 15.1 Å². The molecule has 0 fully saturated rings. The second kappa shape index (κ2) is 10.1. The molecule has 28 heavy (non-hydrogen) atoms. The smallest absolute Gasteiger partial charge is 0.222 e. The molecule has 0 saturated heterocycles. The molecule has 0 radical (unpaired) electrons. The second-order valence-corrected chi connectivity index (χ2v) is 6.79. The van der Waals surface area contributed by atoms with Crippen molar-refractivity contribution in [2.24, 2.45) is 5.73 Å². The van der Waals surface area contributed by atoms with E-state index in [-0.39, 0.29) is 30.8 Å². The molecular formula is C22H27ClN4O. The van der Waals surface area contributed by atoms with Gasteiger partial charge in [-0.3, -0.25) is 9.48 Å². The fraction of sp³-hybridized carbons (Fsp3) is 0.273. The number of aryl methyl sites for hydroxylation is 1. The molecule has 6 heteroatoms. The second-order valence-electron chi connectivity index (χ2n) is 6.79. The van der Waals surface area contributed by atoms with Gasteiger partial charge in [-0.15, -0.1) is 12.4 Å². The molecule has 3 N–H and O–H groups in total. The van der Waals surface area contributed by atoms with Gasteiger partial charge in [0.2, 0.25) is 5.91 Å². The lowest BCUT2D eigenvalue weighted by molar-refractivity contribution is -0.121. The largest absolute Gasteiger partial charge is 0.352 e. The van der Waals surface area contributed by atoms with Crippen LogP contribution in [0.1, 0.15) is 40.5 Å². The van der Waals surface area contributed by atoms with Crippen molar-refractivity contribution in [3.8, 4) is 0 Å². The van der Waals surface area contributed by atoms with Crippen molar-refractivity contribution >= 4 is 18.3 Å². The van der Waals surface area contributed by atoms with Crippen LogP contribution in [-0.2, 0) is 17.9 Å². The van der Waals surface area contributed by atoms with Crippen molar-refractivity contribution < 1.29 is 4.79 Å². The predicted octanol–water partition coefficient (Wildman–Crippen LogP) is 3.68. The minimum absolute atomic E-state index is 0. The normalized spacial score (nSPS) is 11.5. The van der Waals surface area contributed by atoms with Crippen molar-refractivity contribution in [2.45, 2.75) is 39.4 Å². The van der Waals surface area contributed by atoms with E-state index in [0.717, 1.165) is 29.1 Å². The lowest BCUT2D eigenvalue weighted by Crippen LogP contribution is -2.27. The molecule has 0 saturated carbocycles. The minimum atomic E-state index is -0.297. The van der Waals surface area contributed by atoms with Gasteiger partial charge >= 0.3 is 0 Å². The van der Waals surface area contributed by atoms with Crippen LogP contribution in [0.5, 0.6) is 0 Å². The molecule has 0 bridgehead atoms. The molecule has 148 valence electrons. The summed E-state index contributed by atoms with van der Waals surface area (Å²) in [6.07, 6.45) is 0.264. The first kappa shape index (κ1) is 21.7. The van der Waals surface area contributed by atoms with Crippen LogP contribution in [0.25, 0.3) is 0 Å². The van der Waals surface area contributed by atoms with Gasteiger partial charge < -0.3 is 11.1 Å². The minimum Gasteiger partial charge on any atom is -0.352 e. The fourth-order valence-electron chi connectivity index (χ4n) is 3.18. The number of benzene rings is 2. The summed E-state index contributed by atoms with van der Waals surface area (Å²) in [6.45, 7) is 5.21. The summed E-state index contributed by atoms with van der Waals surface area (Å²) in [5.74, 6) is -0.0547. The Morgan fingerprint density at radius 1 is 1.07 bits per heavy atom. The Hall–Kier alpha value is -2.63. The molecule has 0 aliphatic heterocycles. The molecule has 5 nitrogen and oxygen atoms in total. The van der Waals surface area contributed by atoms with E-state index in [1.807, 2.05) is 67.1 Å². The van der Waals surface area contributed by atoms with Gasteiger partial charge in [0.1, 0.15) is 0 Å². The summed E-state index contributed by atoms with van der Waals surface area (Å²) in [4.78, 5) is 12.3. The van der Waals surface area contributed by atoms with Crippen molar-refractivity contribution in [3.63, 3.8) is 0 Å². The Kier molecular flexibility index (Phi) is 7.79. The number of amides is 1. The summed E-state index contributed by atoms with van der Waals surface area (Å²) in [5, 5.41) is 7.62. The number of nitrogens with one attached hydrogen (secondary N) is 1. The van der Waals surface area contributed by atoms with Crippen LogP contribution < -0.4 is 11.1 Å². The Labute approximate surface area is 172 Å². The van der Waals surface area contributed by atoms with E-state index in [0.29, 0.717) is 6.54 Å². The van der Waals surface area contributed by atoms with Crippen LogP contribution in [0.15, 0.2) is 60.7 Å². The number of carbonyl (C=O) groups excluding carboxylic acids is 1. The highest BCUT2D eigenvalue weighted by atomic mass is 35.5. The maximum absolute atomic E-state index is 12.3. The van der Waals surface area contributed by atoms with Gasteiger partial charge in [-0.2, -0.15) is 5.10 Å². The zero-order valence-corrected chi connectivity index (χ0v) is 17.1. The van der Waals surface area contributed by atoms with Gasteiger partial charge in [0, 0.05) is 30.3 Å². The summed E-state index contributed by atoms with van der Waals surface area (Å²) >= 11 is 0. The van der Waals surface area contributed by atoms with E-state index >= 15 is 0 Å². The van der Waals surface area contributed by atoms with E-state index in [4.69, 9.17) is 5.73 Å². The van der Waals surface area contributed by atoms with Crippen molar-refractivity contribution in [3.05, 3.63) is 88.7 Å². The number of hydrogen-bond donors (Lipinski definition) is 2. The van der Waals surface area contributed by atoms with Gasteiger partial charge in [-0.25, -0.2) is 0 Å². The molecule has 0 aliphatic carbocycles. The highest BCUT2D eigenvalue weighted by Gasteiger charge is 2.15. The third-order valence-electron chi connectivity index (χ3n) is 4.80. The molecule has 0 aliphatic rings. The monoisotopic (exact) mass is 398 g/mol. The van der Waals surface area contributed by atoms with Crippen LogP contribution in [-0.4, -0.2) is 15.7 Å². The highest BCUT2D eigenvalue weighted by Crippen LogP contribution is 2.16.